The lowest BCUT2D eigenvalue weighted by atomic mass is 10.1. The van der Waals surface area contributed by atoms with Gasteiger partial charge in [-0.3, -0.25) is 4.99 Å². The minimum Gasteiger partial charge on any atom is -0.370 e. The van der Waals surface area contributed by atoms with Gasteiger partial charge in [-0.2, -0.15) is 0 Å². The van der Waals surface area contributed by atoms with E-state index in [0.717, 1.165) is 26.1 Å². The molecule has 0 aromatic carbocycles. The molecule has 88 valence electrons. The second kappa shape index (κ2) is 6.67. The average molecular weight is 212 g/mol. The lowest BCUT2D eigenvalue weighted by Crippen LogP contribution is -2.32. The van der Waals surface area contributed by atoms with Gasteiger partial charge < -0.3 is 16.0 Å². The molecular weight excluding hydrogens is 188 g/mol. The Hall–Kier alpha value is -0.770. The molecule has 1 aliphatic rings. The Labute approximate surface area is 92.9 Å². The summed E-state index contributed by atoms with van der Waals surface area (Å²) >= 11 is 0. The number of nitrogens with zero attached hydrogens (tertiary/aromatic N) is 2. The van der Waals surface area contributed by atoms with E-state index in [0.29, 0.717) is 11.9 Å². The zero-order valence-corrected chi connectivity index (χ0v) is 10.00. The minimum absolute atomic E-state index is 0.604. The molecule has 0 amide bonds. The second-order valence-electron chi connectivity index (χ2n) is 4.20. The molecule has 3 N–H and O–H groups in total. The van der Waals surface area contributed by atoms with Gasteiger partial charge in [0.1, 0.15) is 0 Å². The fourth-order valence-corrected chi connectivity index (χ4v) is 1.89. The van der Waals surface area contributed by atoms with Crippen molar-refractivity contribution in [2.75, 3.05) is 32.7 Å². The normalized spacial score (nSPS) is 23.3. The maximum absolute atomic E-state index is 5.73. The number of nitrogens with one attached hydrogen (secondary N) is 1. The van der Waals surface area contributed by atoms with Crippen molar-refractivity contribution in [3.8, 4) is 0 Å². The van der Waals surface area contributed by atoms with Crippen molar-refractivity contribution in [1.29, 1.82) is 0 Å². The molecular formula is C11H24N4. The third-order valence-corrected chi connectivity index (χ3v) is 2.89. The first kappa shape index (κ1) is 12.3. The lowest BCUT2D eigenvalue weighted by molar-refractivity contribution is 0.343. The van der Waals surface area contributed by atoms with Gasteiger partial charge >= 0.3 is 0 Å². The van der Waals surface area contributed by atoms with Gasteiger partial charge in [-0.1, -0.05) is 13.8 Å². The summed E-state index contributed by atoms with van der Waals surface area (Å²) in [5.74, 6) is 1.30. The summed E-state index contributed by atoms with van der Waals surface area (Å²) in [6.07, 6.45) is 2.35. The Morgan fingerprint density at radius 1 is 1.53 bits per heavy atom. The monoisotopic (exact) mass is 212 g/mol. The smallest absolute Gasteiger partial charge is 0.188 e. The van der Waals surface area contributed by atoms with Crippen LogP contribution in [0, 0.1) is 5.92 Å². The Kier molecular flexibility index (Phi) is 5.47. The highest BCUT2D eigenvalue weighted by Gasteiger charge is 2.20. The van der Waals surface area contributed by atoms with Gasteiger partial charge in [0.05, 0.1) is 0 Å². The van der Waals surface area contributed by atoms with Crippen molar-refractivity contribution in [2.45, 2.75) is 26.7 Å². The number of nitrogens with two attached hydrogens (primary N) is 1. The molecule has 1 aliphatic heterocycles. The van der Waals surface area contributed by atoms with Crippen LogP contribution in [-0.4, -0.2) is 43.6 Å². The fraction of sp³-hybridized carbons (Fsp3) is 0.909. The van der Waals surface area contributed by atoms with Gasteiger partial charge in [-0.15, -0.1) is 0 Å². The van der Waals surface area contributed by atoms with Crippen LogP contribution < -0.4 is 11.1 Å². The van der Waals surface area contributed by atoms with Crippen LogP contribution in [0.3, 0.4) is 0 Å². The largest absolute Gasteiger partial charge is 0.370 e. The molecule has 0 aromatic rings. The topological polar surface area (TPSA) is 53.6 Å². The minimum atomic E-state index is 0.604. The molecule has 4 nitrogen and oxygen atoms in total. The number of hydrogen-bond acceptors (Lipinski definition) is 2. The summed E-state index contributed by atoms with van der Waals surface area (Å²) in [6, 6.07) is 0. The molecule has 0 aliphatic carbocycles. The van der Waals surface area contributed by atoms with Crippen LogP contribution in [0.4, 0.5) is 0 Å². The van der Waals surface area contributed by atoms with Gasteiger partial charge in [0.25, 0.3) is 0 Å². The molecule has 1 atom stereocenters. The SMILES string of the molecule is CCCNC(N)=NCC1CCN(CC)C1. The van der Waals surface area contributed by atoms with Crippen LogP contribution in [0.1, 0.15) is 26.7 Å². The predicted molar refractivity (Wildman–Crippen MR) is 65.0 cm³/mol. The van der Waals surface area contributed by atoms with E-state index < -0.39 is 0 Å². The van der Waals surface area contributed by atoms with E-state index in [2.05, 4.69) is 29.1 Å². The molecule has 15 heavy (non-hydrogen) atoms. The van der Waals surface area contributed by atoms with Gasteiger partial charge in [-0.25, -0.2) is 0 Å². The second-order valence-corrected chi connectivity index (χ2v) is 4.20. The zero-order chi connectivity index (χ0) is 11.1. The van der Waals surface area contributed by atoms with Gasteiger partial charge in [-0.05, 0) is 31.8 Å². The van der Waals surface area contributed by atoms with Crippen LogP contribution in [0.25, 0.3) is 0 Å². The fourth-order valence-electron chi connectivity index (χ4n) is 1.89. The lowest BCUT2D eigenvalue weighted by Gasteiger charge is -2.11. The summed E-state index contributed by atoms with van der Waals surface area (Å²) in [6.45, 7) is 9.68. The maximum atomic E-state index is 5.73. The van der Waals surface area contributed by atoms with Crippen molar-refractivity contribution in [2.24, 2.45) is 16.6 Å². The average Bonchev–Trinajstić information content (AvgIpc) is 2.71. The number of guanidine groups is 1. The standard InChI is InChI=1S/C11H24N4/c1-3-6-13-11(12)14-8-10-5-7-15(4-2)9-10/h10H,3-9H2,1-2H3,(H3,12,13,14). The summed E-state index contributed by atoms with van der Waals surface area (Å²) in [4.78, 5) is 6.84. The first-order valence-corrected chi connectivity index (χ1v) is 6.02. The van der Waals surface area contributed by atoms with E-state index in [-0.39, 0.29) is 0 Å². The number of aliphatic imine (C=N–C) groups is 1. The molecule has 0 spiro atoms. The van der Waals surface area contributed by atoms with Crippen molar-refractivity contribution >= 4 is 5.96 Å². The van der Waals surface area contributed by atoms with Crippen molar-refractivity contribution in [3.63, 3.8) is 0 Å². The molecule has 1 fully saturated rings. The summed E-state index contributed by atoms with van der Waals surface area (Å²) in [7, 11) is 0. The van der Waals surface area contributed by atoms with E-state index in [1.54, 1.807) is 0 Å². The molecule has 0 aromatic heterocycles. The molecule has 0 saturated carbocycles. The van der Waals surface area contributed by atoms with Crippen molar-refractivity contribution in [1.82, 2.24) is 10.2 Å². The number of rotatable bonds is 5. The molecule has 0 radical (unpaired) electrons. The molecule has 1 unspecified atom stereocenters. The third kappa shape index (κ3) is 4.51. The van der Waals surface area contributed by atoms with E-state index in [1.165, 1.54) is 19.5 Å². The van der Waals surface area contributed by atoms with Crippen LogP contribution in [0.5, 0.6) is 0 Å². The van der Waals surface area contributed by atoms with Gasteiger partial charge in [0.15, 0.2) is 5.96 Å². The Balaban J connectivity index is 2.19. The summed E-state index contributed by atoms with van der Waals surface area (Å²) < 4.78 is 0. The highest BCUT2D eigenvalue weighted by molar-refractivity contribution is 5.77. The molecule has 4 heteroatoms. The van der Waals surface area contributed by atoms with Crippen LogP contribution in [-0.2, 0) is 0 Å². The molecule has 1 rings (SSSR count). The Morgan fingerprint density at radius 3 is 2.93 bits per heavy atom. The molecule has 0 bridgehead atoms. The third-order valence-electron chi connectivity index (χ3n) is 2.89. The predicted octanol–water partition coefficient (Wildman–Crippen LogP) is 0.643. The maximum Gasteiger partial charge on any atom is 0.188 e. The van der Waals surface area contributed by atoms with Crippen LogP contribution >= 0.6 is 0 Å². The Morgan fingerprint density at radius 2 is 2.33 bits per heavy atom. The van der Waals surface area contributed by atoms with E-state index in [4.69, 9.17) is 5.73 Å². The van der Waals surface area contributed by atoms with E-state index in [1.807, 2.05) is 0 Å². The number of likely N-dealkylation sites (tertiary alicyclic amines) is 1. The van der Waals surface area contributed by atoms with Crippen LogP contribution in [0.15, 0.2) is 4.99 Å². The highest BCUT2D eigenvalue weighted by atomic mass is 15.1. The molecule has 1 heterocycles. The first-order chi connectivity index (χ1) is 7.26. The van der Waals surface area contributed by atoms with Crippen LogP contribution in [0.2, 0.25) is 0 Å². The summed E-state index contributed by atoms with van der Waals surface area (Å²) in [5, 5.41) is 3.10. The van der Waals surface area contributed by atoms with Crippen molar-refractivity contribution < 1.29 is 0 Å². The van der Waals surface area contributed by atoms with Gasteiger partial charge in [0.2, 0.25) is 0 Å². The van der Waals surface area contributed by atoms with Crippen molar-refractivity contribution in [3.05, 3.63) is 0 Å². The summed E-state index contributed by atoms with van der Waals surface area (Å²) in [5.41, 5.74) is 5.73. The zero-order valence-electron chi connectivity index (χ0n) is 10.00. The number of hydrogen-bond donors (Lipinski definition) is 2. The van der Waals surface area contributed by atoms with Gasteiger partial charge in [0, 0.05) is 19.6 Å². The molecule has 1 saturated heterocycles. The Bertz CT molecular complexity index is 203. The highest BCUT2D eigenvalue weighted by Crippen LogP contribution is 2.15. The quantitative estimate of drug-likeness (QED) is 0.519. The van der Waals surface area contributed by atoms with E-state index in [9.17, 15) is 0 Å². The first-order valence-electron chi connectivity index (χ1n) is 6.02. The van der Waals surface area contributed by atoms with E-state index >= 15 is 0 Å².